The van der Waals surface area contributed by atoms with Crippen LogP contribution in [-0.2, 0) is 27.4 Å². The van der Waals surface area contributed by atoms with Gasteiger partial charge in [0.25, 0.3) is 0 Å². The summed E-state index contributed by atoms with van der Waals surface area (Å²) in [5.41, 5.74) is 1.23. The van der Waals surface area contributed by atoms with Crippen molar-refractivity contribution < 1.29 is 33.7 Å². The molecule has 0 fully saturated rings. The number of hydrogen-bond donors (Lipinski definition) is 4. The van der Waals surface area contributed by atoms with E-state index in [0.717, 1.165) is 5.56 Å². The molecule has 0 heterocycles. The molecule has 2 atom stereocenters. The highest BCUT2D eigenvalue weighted by Crippen LogP contribution is 2.07. The van der Waals surface area contributed by atoms with Crippen LogP contribution in [-0.4, -0.2) is 46.9 Å². The van der Waals surface area contributed by atoms with E-state index in [0.29, 0.717) is 5.56 Å². The first-order valence-corrected chi connectivity index (χ1v) is 8.74. The van der Waals surface area contributed by atoms with Gasteiger partial charge in [-0.3, -0.25) is 4.79 Å². The monoisotopic (exact) mass is 404 g/mol. The summed E-state index contributed by atoms with van der Waals surface area (Å²) in [5, 5.41) is 23.1. The Morgan fingerprint density at radius 3 is 2.17 bits per heavy atom. The minimum Gasteiger partial charge on any atom is -0.480 e. The predicted octanol–water partition coefficient (Wildman–Crippen LogP) is 1.22. The second-order valence-electron chi connectivity index (χ2n) is 6.17. The van der Waals surface area contributed by atoms with E-state index in [-0.39, 0.29) is 13.0 Å². The average Bonchev–Trinajstić information content (AvgIpc) is 2.72. The van der Waals surface area contributed by atoms with Crippen molar-refractivity contribution in [2.45, 2.75) is 25.1 Å². The Kier molecular flexibility index (Phi) is 8.11. The van der Waals surface area contributed by atoms with Gasteiger partial charge >= 0.3 is 12.1 Å². The van der Waals surface area contributed by atoms with Crippen LogP contribution in [0.1, 0.15) is 11.1 Å². The molecular formula is C20H21FN2O6. The number of carbonyl (C=O) groups excluding carboxylic acids is 2. The number of benzene rings is 2. The Morgan fingerprint density at radius 1 is 0.931 bits per heavy atom. The molecule has 2 aromatic rings. The molecule has 9 heteroatoms. The van der Waals surface area contributed by atoms with Crippen LogP contribution in [0.4, 0.5) is 9.18 Å². The van der Waals surface area contributed by atoms with E-state index < -0.39 is 42.5 Å². The van der Waals surface area contributed by atoms with E-state index in [4.69, 9.17) is 4.74 Å². The highest BCUT2D eigenvalue weighted by atomic mass is 19.1. The van der Waals surface area contributed by atoms with E-state index in [1.54, 1.807) is 30.3 Å². The molecule has 0 radical (unpaired) electrons. The van der Waals surface area contributed by atoms with E-state index in [9.17, 15) is 29.0 Å². The number of aliphatic hydroxyl groups is 1. The van der Waals surface area contributed by atoms with E-state index >= 15 is 0 Å². The fourth-order valence-electron chi connectivity index (χ4n) is 2.43. The van der Waals surface area contributed by atoms with Crippen molar-refractivity contribution in [2.24, 2.45) is 0 Å². The first-order valence-electron chi connectivity index (χ1n) is 8.74. The number of hydrogen-bond acceptors (Lipinski definition) is 5. The van der Waals surface area contributed by atoms with Gasteiger partial charge in [-0.2, -0.15) is 0 Å². The fourth-order valence-corrected chi connectivity index (χ4v) is 2.43. The second-order valence-corrected chi connectivity index (χ2v) is 6.17. The van der Waals surface area contributed by atoms with Gasteiger partial charge in [-0.25, -0.2) is 14.0 Å². The van der Waals surface area contributed by atoms with Crippen LogP contribution < -0.4 is 10.6 Å². The minimum atomic E-state index is -1.40. The molecule has 2 rings (SSSR count). The van der Waals surface area contributed by atoms with Crippen molar-refractivity contribution in [3.05, 3.63) is 71.5 Å². The van der Waals surface area contributed by atoms with Crippen LogP contribution in [0.25, 0.3) is 0 Å². The molecule has 0 bridgehead atoms. The minimum absolute atomic E-state index is 0.0330. The molecule has 0 unspecified atom stereocenters. The van der Waals surface area contributed by atoms with E-state index in [1.165, 1.54) is 24.3 Å². The molecule has 0 aliphatic rings. The number of carboxylic acid groups (broad SMARTS) is 1. The van der Waals surface area contributed by atoms with Crippen molar-refractivity contribution in [3.63, 3.8) is 0 Å². The summed E-state index contributed by atoms with van der Waals surface area (Å²) in [6.45, 7) is -0.788. The molecule has 0 aliphatic carbocycles. The van der Waals surface area contributed by atoms with Crippen LogP contribution in [0.5, 0.6) is 0 Å². The Balaban J connectivity index is 1.91. The molecule has 0 saturated carbocycles. The van der Waals surface area contributed by atoms with Crippen molar-refractivity contribution in [2.75, 3.05) is 6.61 Å². The molecule has 0 aliphatic heterocycles. The highest BCUT2D eigenvalue weighted by molar-refractivity contribution is 5.89. The molecule has 8 nitrogen and oxygen atoms in total. The molecule has 2 aromatic carbocycles. The van der Waals surface area contributed by atoms with Crippen molar-refractivity contribution in [3.8, 4) is 0 Å². The number of halogens is 1. The van der Waals surface area contributed by atoms with Gasteiger partial charge in [-0.1, -0.05) is 42.5 Å². The molecule has 4 N–H and O–H groups in total. The number of amides is 2. The van der Waals surface area contributed by atoms with Crippen molar-refractivity contribution in [1.29, 1.82) is 0 Å². The Bertz CT molecular complexity index is 829. The maximum Gasteiger partial charge on any atom is 0.408 e. The largest absolute Gasteiger partial charge is 0.480 e. The Hall–Kier alpha value is -3.46. The zero-order chi connectivity index (χ0) is 21.2. The van der Waals surface area contributed by atoms with Gasteiger partial charge in [0.1, 0.15) is 24.5 Å². The lowest BCUT2D eigenvalue weighted by Gasteiger charge is -2.20. The summed E-state index contributed by atoms with van der Waals surface area (Å²) >= 11 is 0. The number of ether oxygens (including phenoxy) is 1. The topological polar surface area (TPSA) is 125 Å². The first kappa shape index (κ1) is 21.8. The highest BCUT2D eigenvalue weighted by Gasteiger charge is 2.26. The molecular weight excluding hydrogens is 383 g/mol. The second kappa shape index (κ2) is 10.8. The van der Waals surface area contributed by atoms with Gasteiger partial charge in [0.15, 0.2) is 0 Å². The van der Waals surface area contributed by atoms with Crippen LogP contribution in [0.3, 0.4) is 0 Å². The van der Waals surface area contributed by atoms with Gasteiger partial charge in [-0.05, 0) is 23.3 Å². The Morgan fingerprint density at radius 2 is 1.59 bits per heavy atom. The molecule has 2 amide bonds. The van der Waals surface area contributed by atoms with E-state index in [2.05, 4.69) is 10.6 Å². The summed E-state index contributed by atoms with van der Waals surface area (Å²) in [7, 11) is 0. The number of alkyl carbamates (subject to hydrolysis) is 1. The summed E-state index contributed by atoms with van der Waals surface area (Å²) in [6, 6.07) is 11.3. The zero-order valence-corrected chi connectivity index (χ0v) is 15.4. The standard InChI is InChI=1S/C20H21FN2O6/c21-15-8-6-13(7-9-15)10-16(19(26)27)22-18(25)17(11-24)23-20(28)29-12-14-4-2-1-3-5-14/h1-9,16-17,24H,10-12H2,(H,22,25)(H,23,28)(H,26,27)/t16-,17-/m0/s1. The maximum absolute atomic E-state index is 13.0. The number of nitrogens with one attached hydrogen (secondary N) is 2. The molecule has 0 spiro atoms. The van der Waals surface area contributed by atoms with Gasteiger partial charge in [0, 0.05) is 6.42 Å². The molecule has 0 saturated heterocycles. The van der Waals surface area contributed by atoms with Gasteiger partial charge in [-0.15, -0.1) is 0 Å². The first-order chi connectivity index (χ1) is 13.9. The average molecular weight is 404 g/mol. The SMILES string of the molecule is O=C(N[C@@H](CO)C(=O)N[C@@H](Cc1ccc(F)cc1)C(=O)O)OCc1ccccc1. The van der Waals surface area contributed by atoms with Crippen LogP contribution in [0.15, 0.2) is 54.6 Å². The third kappa shape index (κ3) is 7.23. The summed E-state index contributed by atoms with van der Waals surface area (Å²) < 4.78 is 17.9. The van der Waals surface area contributed by atoms with Crippen molar-refractivity contribution in [1.82, 2.24) is 10.6 Å². The Labute approximate surface area is 166 Å². The van der Waals surface area contributed by atoms with Crippen molar-refractivity contribution >= 4 is 18.0 Å². The third-order valence-corrected chi connectivity index (χ3v) is 3.97. The number of aliphatic carboxylic acids is 1. The summed E-state index contributed by atoms with van der Waals surface area (Å²) in [6.07, 6.45) is -1.04. The zero-order valence-electron chi connectivity index (χ0n) is 15.4. The normalized spacial score (nSPS) is 12.5. The van der Waals surface area contributed by atoms with Gasteiger partial charge in [0.05, 0.1) is 6.61 Å². The van der Waals surface area contributed by atoms with Crippen LogP contribution >= 0.6 is 0 Å². The molecule has 29 heavy (non-hydrogen) atoms. The predicted molar refractivity (Wildman–Crippen MR) is 100 cm³/mol. The van der Waals surface area contributed by atoms with Crippen LogP contribution in [0, 0.1) is 5.82 Å². The lowest BCUT2D eigenvalue weighted by Crippen LogP contribution is -2.53. The third-order valence-electron chi connectivity index (χ3n) is 3.97. The smallest absolute Gasteiger partial charge is 0.408 e. The molecule has 0 aromatic heterocycles. The van der Waals surface area contributed by atoms with Gasteiger partial charge < -0.3 is 25.6 Å². The van der Waals surface area contributed by atoms with Gasteiger partial charge in [0.2, 0.25) is 5.91 Å². The van der Waals surface area contributed by atoms with E-state index in [1.807, 2.05) is 0 Å². The van der Waals surface area contributed by atoms with Crippen LogP contribution in [0.2, 0.25) is 0 Å². The number of rotatable bonds is 9. The lowest BCUT2D eigenvalue weighted by molar-refractivity contribution is -0.142. The molecule has 154 valence electrons. The number of carbonyl (C=O) groups is 3. The summed E-state index contributed by atoms with van der Waals surface area (Å²) in [4.78, 5) is 35.6. The fraction of sp³-hybridized carbons (Fsp3) is 0.250. The maximum atomic E-state index is 13.0. The number of carboxylic acids is 1. The number of aliphatic hydroxyl groups excluding tert-OH is 1. The quantitative estimate of drug-likeness (QED) is 0.498. The summed E-state index contributed by atoms with van der Waals surface area (Å²) in [5.74, 6) is -2.67. The lowest BCUT2D eigenvalue weighted by atomic mass is 10.1.